The van der Waals surface area contributed by atoms with Crippen LogP contribution >= 0.6 is 0 Å². The second kappa shape index (κ2) is 9.29. The highest BCUT2D eigenvalue weighted by Crippen LogP contribution is 2.39. The Morgan fingerprint density at radius 1 is 1.09 bits per heavy atom. The van der Waals surface area contributed by atoms with E-state index in [1.54, 1.807) is 36.6 Å². The van der Waals surface area contributed by atoms with E-state index in [1.165, 1.54) is 11.8 Å². The molecular formula is C22H22F3N3O4. The van der Waals surface area contributed by atoms with Crippen molar-refractivity contribution < 1.29 is 32.3 Å². The number of para-hydroxylation sites is 1. The van der Waals surface area contributed by atoms with Gasteiger partial charge in [-0.05, 0) is 23.6 Å². The molecule has 0 saturated carbocycles. The van der Waals surface area contributed by atoms with Gasteiger partial charge < -0.3 is 20.3 Å². The maximum absolute atomic E-state index is 13.2. The van der Waals surface area contributed by atoms with E-state index in [0.717, 1.165) is 11.1 Å². The predicted molar refractivity (Wildman–Crippen MR) is 111 cm³/mol. The Morgan fingerprint density at radius 3 is 2.38 bits per heavy atom. The lowest BCUT2D eigenvalue weighted by atomic mass is 9.95. The highest BCUT2D eigenvalue weighted by atomic mass is 19.4. The largest absolute Gasteiger partial charge is 0.436 e. The zero-order valence-electron chi connectivity index (χ0n) is 17.4. The van der Waals surface area contributed by atoms with Crippen molar-refractivity contribution in [3.05, 3.63) is 54.1 Å². The van der Waals surface area contributed by atoms with Crippen LogP contribution in [0.4, 0.5) is 23.7 Å². The molecule has 0 aromatic heterocycles. The van der Waals surface area contributed by atoms with Gasteiger partial charge >= 0.3 is 12.3 Å². The monoisotopic (exact) mass is 449 g/mol. The first-order valence-electron chi connectivity index (χ1n) is 9.90. The van der Waals surface area contributed by atoms with Crippen molar-refractivity contribution in [3.63, 3.8) is 0 Å². The number of alkyl halides is 3. The molecule has 0 aliphatic carbocycles. The first-order chi connectivity index (χ1) is 15.1. The molecule has 2 aromatic rings. The lowest BCUT2D eigenvalue weighted by Gasteiger charge is -2.25. The molecule has 2 unspecified atom stereocenters. The Kier molecular flexibility index (Phi) is 6.71. The number of anilines is 1. The molecule has 0 fully saturated rings. The molecule has 1 aliphatic heterocycles. The minimum atomic E-state index is -4.61. The fourth-order valence-electron chi connectivity index (χ4n) is 3.47. The minimum absolute atomic E-state index is 0.00386. The molecule has 0 bridgehead atoms. The fourth-order valence-corrected chi connectivity index (χ4v) is 3.47. The molecule has 2 atom stereocenters. The molecule has 3 amide bonds. The Balaban J connectivity index is 1.83. The van der Waals surface area contributed by atoms with Crippen molar-refractivity contribution in [2.75, 3.05) is 18.5 Å². The van der Waals surface area contributed by atoms with E-state index in [9.17, 15) is 27.6 Å². The van der Waals surface area contributed by atoms with E-state index >= 15 is 0 Å². The summed E-state index contributed by atoms with van der Waals surface area (Å²) in [5.74, 6) is -1.20. The van der Waals surface area contributed by atoms with Crippen LogP contribution < -0.4 is 15.5 Å². The van der Waals surface area contributed by atoms with Crippen LogP contribution in [0.25, 0.3) is 11.1 Å². The van der Waals surface area contributed by atoms with Gasteiger partial charge in [-0.15, -0.1) is 0 Å². The molecule has 32 heavy (non-hydrogen) atoms. The second-order valence-corrected chi connectivity index (χ2v) is 7.21. The average Bonchev–Trinajstić information content (AvgIpc) is 2.85. The number of carbonyl (C=O) groups is 3. The summed E-state index contributed by atoms with van der Waals surface area (Å²) in [7, 11) is 1.59. The first kappa shape index (κ1) is 23.1. The summed E-state index contributed by atoms with van der Waals surface area (Å²) < 4.78 is 41.7. The normalized spacial score (nSPS) is 16.3. The maximum Gasteiger partial charge on any atom is 0.408 e. The number of likely N-dealkylation sites (N-methyl/N-ethyl adjacent to an activating group) is 1. The zero-order chi connectivity index (χ0) is 23.5. The standard InChI is InChI=1S/C22H22F3N3O4/c1-3-17(32-21(31)26-12-22(23,24)25)19(29)27-18-15-10-5-4-8-13(15)14-9-6-7-11-16(14)28(2)20(18)30/h4-11,17-18H,3,12H2,1-2H3,(H,26,31)(H,27,29). The second-order valence-electron chi connectivity index (χ2n) is 7.21. The summed E-state index contributed by atoms with van der Waals surface area (Å²) in [6.45, 7) is -0.0481. The van der Waals surface area contributed by atoms with Crippen molar-refractivity contribution in [3.8, 4) is 11.1 Å². The number of fused-ring (bicyclic) bond motifs is 3. The summed E-state index contributed by atoms with van der Waals surface area (Å²) >= 11 is 0. The Labute approximate surface area is 182 Å². The highest BCUT2D eigenvalue weighted by Gasteiger charge is 2.35. The number of amides is 3. The van der Waals surface area contributed by atoms with Crippen molar-refractivity contribution in [1.29, 1.82) is 0 Å². The third-order valence-electron chi connectivity index (χ3n) is 5.04. The molecule has 0 radical (unpaired) electrons. The molecule has 2 aromatic carbocycles. The number of alkyl carbamates (subject to hydrolysis) is 1. The number of halogens is 3. The first-order valence-corrected chi connectivity index (χ1v) is 9.90. The number of ether oxygens (including phenoxy) is 1. The van der Waals surface area contributed by atoms with E-state index in [0.29, 0.717) is 11.3 Å². The molecule has 1 aliphatic rings. The van der Waals surface area contributed by atoms with E-state index < -0.39 is 42.8 Å². The van der Waals surface area contributed by atoms with E-state index in [2.05, 4.69) is 5.32 Å². The molecule has 0 spiro atoms. The topological polar surface area (TPSA) is 87.7 Å². The molecular weight excluding hydrogens is 427 g/mol. The van der Waals surface area contributed by atoms with Crippen LogP contribution in [0.1, 0.15) is 24.9 Å². The van der Waals surface area contributed by atoms with Crippen LogP contribution in [-0.4, -0.2) is 43.8 Å². The summed E-state index contributed by atoms with van der Waals surface area (Å²) in [5, 5.41) is 4.16. The van der Waals surface area contributed by atoms with Gasteiger partial charge in [0.1, 0.15) is 12.6 Å². The van der Waals surface area contributed by atoms with Gasteiger partial charge in [-0.25, -0.2) is 4.79 Å². The van der Waals surface area contributed by atoms with Gasteiger partial charge in [0.05, 0.1) is 5.69 Å². The molecule has 1 heterocycles. The van der Waals surface area contributed by atoms with Gasteiger partial charge in [0.2, 0.25) is 0 Å². The van der Waals surface area contributed by atoms with E-state index in [1.807, 2.05) is 24.3 Å². The summed E-state index contributed by atoms with van der Waals surface area (Å²) in [6, 6.07) is 13.3. The van der Waals surface area contributed by atoms with Crippen LogP contribution in [0.2, 0.25) is 0 Å². The van der Waals surface area contributed by atoms with E-state index in [-0.39, 0.29) is 6.42 Å². The van der Waals surface area contributed by atoms with Gasteiger partial charge in [-0.2, -0.15) is 13.2 Å². The number of benzene rings is 2. The van der Waals surface area contributed by atoms with Gasteiger partial charge in [0.15, 0.2) is 6.10 Å². The third-order valence-corrected chi connectivity index (χ3v) is 5.04. The highest BCUT2D eigenvalue weighted by molar-refractivity contribution is 6.06. The molecule has 2 N–H and O–H groups in total. The van der Waals surface area contributed by atoms with E-state index in [4.69, 9.17) is 4.74 Å². The Morgan fingerprint density at radius 2 is 1.72 bits per heavy atom. The quantitative estimate of drug-likeness (QED) is 0.731. The lowest BCUT2D eigenvalue weighted by molar-refractivity contribution is -0.134. The van der Waals surface area contributed by atoms with Gasteiger partial charge in [0.25, 0.3) is 11.8 Å². The fraction of sp³-hybridized carbons (Fsp3) is 0.318. The number of nitrogens with one attached hydrogen (secondary N) is 2. The molecule has 170 valence electrons. The predicted octanol–water partition coefficient (Wildman–Crippen LogP) is 3.55. The number of nitrogens with zero attached hydrogens (tertiary/aromatic N) is 1. The maximum atomic E-state index is 13.2. The molecule has 7 nitrogen and oxygen atoms in total. The number of rotatable bonds is 5. The summed E-state index contributed by atoms with van der Waals surface area (Å²) in [6.07, 6.45) is -7.36. The Hall–Kier alpha value is -3.56. The smallest absolute Gasteiger partial charge is 0.408 e. The van der Waals surface area contributed by atoms with Crippen LogP contribution in [0, 0.1) is 0 Å². The van der Waals surface area contributed by atoms with Crippen molar-refractivity contribution in [1.82, 2.24) is 10.6 Å². The summed E-state index contributed by atoms with van der Waals surface area (Å²) in [4.78, 5) is 39.2. The lowest BCUT2D eigenvalue weighted by Crippen LogP contribution is -2.46. The third kappa shape index (κ3) is 5.01. The zero-order valence-corrected chi connectivity index (χ0v) is 17.4. The molecule has 3 rings (SSSR count). The number of carbonyl (C=O) groups excluding carboxylic acids is 3. The van der Waals surface area contributed by atoms with Crippen LogP contribution in [-0.2, 0) is 14.3 Å². The van der Waals surface area contributed by atoms with Crippen molar-refractivity contribution in [2.24, 2.45) is 0 Å². The van der Waals surface area contributed by atoms with Gasteiger partial charge in [-0.1, -0.05) is 49.4 Å². The van der Waals surface area contributed by atoms with Crippen molar-refractivity contribution >= 4 is 23.6 Å². The van der Waals surface area contributed by atoms with Crippen molar-refractivity contribution in [2.45, 2.75) is 31.7 Å². The van der Waals surface area contributed by atoms with Gasteiger partial charge in [-0.3, -0.25) is 9.59 Å². The van der Waals surface area contributed by atoms with Crippen LogP contribution in [0.15, 0.2) is 48.5 Å². The molecule has 0 saturated heterocycles. The Bertz CT molecular complexity index is 1030. The minimum Gasteiger partial charge on any atom is -0.436 e. The average molecular weight is 449 g/mol. The number of hydrogen-bond acceptors (Lipinski definition) is 4. The van der Waals surface area contributed by atoms with Crippen LogP contribution in [0.5, 0.6) is 0 Å². The van der Waals surface area contributed by atoms with Crippen LogP contribution in [0.3, 0.4) is 0 Å². The van der Waals surface area contributed by atoms with Gasteiger partial charge in [0, 0.05) is 12.6 Å². The summed E-state index contributed by atoms with van der Waals surface area (Å²) in [5.41, 5.74) is 2.78. The number of hydrogen-bond donors (Lipinski definition) is 2. The SMILES string of the molecule is CCC(OC(=O)NCC(F)(F)F)C(=O)NC1C(=O)N(C)c2ccccc2-c2ccccc21. The molecule has 10 heteroatoms.